The van der Waals surface area contributed by atoms with Gasteiger partial charge in [-0.2, -0.15) is 0 Å². The molecular weight excluding hydrogens is 366 g/mol. The van der Waals surface area contributed by atoms with Crippen LogP contribution in [-0.4, -0.2) is 43.7 Å². The van der Waals surface area contributed by atoms with E-state index in [-0.39, 0.29) is 17.7 Å². The Morgan fingerprint density at radius 1 is 1.00 bits per heavy atom. The van der Waals surface area contributed by atoms with Gasteiger partial charge in [0.15, 0.2) is 18.1 Å². The summed E-state index contributed by atoms with van der Waals surface area (Å²) >= 11 is 0. The first kappa shape index (κ1) is 20.8. The number of amides is 2. The lowest BCUT2D eigenvalue weighted by molar-refractivity contribution is -0.148. The van der Waals surface area contributed by atoms with E-state index in [4.69, 9.17) is 14.2 Å². The van der Waals surface area contributed by atoms with Gasteiger partial charge in [0.05, 0.1) is 19.8 Å². The smallest absolute Gasteiger partial charge is 0.306 e. The summed E-state index contributed by atoms with van der Waals surface area (Å²) in [6.45, 7) is -0.576. The van der Waals surface area contributed by atoms with Crippen LogP contribution in [-0.2, 0) is 20.7 Å². The molecule has 0 aliphatic heterocycles. The van der Waals surface area contributed by atoms with Crippen LogP contribution in [0.3, 0.4) is 0 Å². The zero-order chi connectivity index (χ0) is 20.5. The Balaban J connectivity index is 1.78. The standard InChI is InChI=1S/C20H21NO7/c1-26-16-6-4-3-5-14(16)20(25)21-18(23)12-28-19(24)10-8-13-7-9-17(27-2)15(22)11-13/h3-7,9,11,22H,8,10,12H2,1-2H3,(H,21,23,25). The van der Waals surface area contributed by atoms with Crippen LogP contribution in [0.5, 0.6) is 17.2 Å². The first-order valence-electron chi connectivity index (χ1n) is 8.43. The number of hydrogen-bond donors (Lipinski definition) is 2. The second-order valence-electron chi connectivity index (χ2n) is 5.74. The van der Waals surface area contributed by atoms with Crippen molar-refractivity contribution < 1.29 is 33.7 Å². The van der Waals surface area contributed by atoms with Crippen molar-refractivity contribution in [3.8, 4) is 17.2 Å². The van der Waals surface area contributed by atoms with Gasteiger partial charge in [-0.1, -0.05) is 18.2 Å². The third-order valence-corrected chi connectivity index (χ3v) is 3.83. The Morgan fingerprint density at radius 3 is 2.39 bits per heavy atom. The maximum atomic E-state index is 12.1. The fourth-order valence-corrected chi connectivity index (χ4v) is 2.42. The van der Waals surface area contributed by atoms with Crippen LogP contribution < -0.4 is 14.8 Å². The third-order valence-electron chi connectivity index (χ3n) is 3.83. The second-order valence-corrected chi connectivity index (χ2v) is 5.74. The van der Waals surface area contributed by atoms with E-state index in [9.17, 15) is 19.5 Å². The van der Waals surface area contributed by atoms with Crippen molar-refractivity contribution in [2.24, 2.45) is 0 Å². The maximum absolute atomic E-state index is 12.1. The number of esters is 1. The number of phenolic OH excluding ortho intramolecular Hbond substituents is 1. The number of aromatic hydroxyl groups is 1. The molecule has 0 atom stereocenters. The number of ether oxygens (including phenoxy) is 3. The molecule has 0 spiro atoms. The summed E-state index contributed by atoms with van der Waals surface area (Å²) in [6.07, 6.45) is 0.331. The van der Waals surface area contributed by atoms with Gasteiger partial charge in [0.1, 0.15) is 5.75 Å². The fourth-order valence-electron chi connectivity index (χ4n) is 2.42. The number of benzene rings is 2. The molecule has 0 fully saturated rings. The number of carbonyl (C=O) groups excluding carboxylic acids is 3. The Bertz CT molecular complexity index is 863. The number of rotatable bonds is 8. The van der Waals surface area contributed by atoms with Gasteiger partial charge in [-0.15, -0.1) is 0 Å². The van der Waals surface area contributed by atoms with Crippen molar-refractivity contribution in [1.29, 1.82) is 0 Å². The van der Waals surface area contributed by atoms with Crippen molar-refractivity contribution >= 4 is 17.8 Å². The fraction of sp³-hybridized carbons (Fsp3) is 0.250. The lowest BCUT2D eigenvalue weighted by atomic mass is 10.1. The number of aryl methyl sites for hydroxylation is 1. The maximum Gasteiger partial charge on any atom is 0.306 e. The van der Waals surface area contributed by atoms with Crippen molar-refractivity contribution in [2.75, 3.05) is 20.8 Å². The summed E-state index contributed by atoms with van der Waals surface area (Å²) in [4.78, 5) is 35.7. The zero-order valence-electron chi connectivity index (χ0n) is 15.6. The highest BCUT2D eigenvalue weighted by Crippen LogP contribution is 2.26. The zero-order valence-corrected chi connectivity index (χ0v) is 15.6. The van der Waals surface area contributed by atoms with Crippen molar-refractivity contribution in [2.45, 2.75) is 12.8 Å². The molecule has 2 aromatic carbocycles. The third kappa shape index (κ3) is 5.73. The summed E-state index contributed by atoms with van der Waals surface area (Å²) in [5.41, 5.74) is 0.912. The molecule has 0 saturated carbocycles. The molecular formula is C20H21NO7. The van der Waals surface area contributed by atoms with E-state index in [0.29, 0.717) is 23.5 Å². The van der Waals surface area contributed by atoms with Crippen LogP contribution in [0.25, 0.3) is 0 Å². The van der Waals surface area contributed by atoms with Gasteiger partial charge in [-0.05, 0) is 36.2 Å². The highest BCUT2D eigenvalue weighted by Gasteiger charge is 2.16. The Morgan fingerprint density at radius 2 is 1.71 bits per heavy atom. The van der Waals surface area contributed by atoms with Gasteiger partial charge in [0, 0.05) is 6.42 Å². The topological polar surface area (TPSA) is 111 Å². The molecule has 2 rings (SSSR count). The van der Waals surface area contributed by atoms with Crippen LogP contribution in [0.2, 0.25) is 0 Å². The number of carbonyl (C=O) groups is 3. The summed E-state index contributed by atoms with van der Waals surface area (Å²) in [5.74, 6) is -1.35. The van der Waals surface area contributed by atoms with Gasteiger partial charge >= 0.3 is 5.97 Å². The molecule has 0 heterocycles. The summed E-state index contributed by atoms with van der Waals surface area (Å²) < 4.78 is 14.9. The summed E-state index contributed by atoms with van der Waals surface area (Å²) in [6, 6.07) is 11.2. The normalized spacial score (nSPS) is 10.1. The lowest BCUT2D eigenvalue weighted by Gasteiger charge is -2.09. The van der Waals surface area contributed by atoms with E-state index in [1.807, 2.05) is 0 Å². The molecule has 2 aromatic rings. The van der Waals surface area contributed by atoms with E-state index >= 15 is 0 Å². The van der Waals surface area contributed by atoms with Crippen LogP contribution in [0, 0.1) is 0 Å². The van der Waals surface area contributed by atoms with E-state index in [1.54, 1.807) is 30.3 Å². The molecule has 0 aromatic heterocycles. The van der Waals surface area contributed by atoms with Gasteiger partial charge in [-0.3, -0.25) is 19.7 Å². The minimum Gasteiger partial charge on any atom is -0.504 e. The molecule has 8 nitrogen and oxygen atoms in total. The minimum atomic E-state index is -0.744. The number of phenols is 1. The number of para-hydroxylation sites is 1. The summed E-state index contributed by atoms with van der Waals surface area (Å²) in [5, 5.41) is 11.9. The quantitative estimate of drug-likeness (QED) is 0.665. The van der Waals surface area contributed by atoms with Gasteiger partial charge in [0.25, 0.3) is 11.8 Å². The van der Waals surface area contributed by atoms with Crippen LogP contribution in [0.15, 0.2) is 42.5 Å². The van der Waals surface area contributed by atoms with Crippen molar-refractivity contribution in [1.82, 2.24) is 5.32 Å². The molecule has 0 aliphatic rings. The molecule has 8 heteroatoms. The first-order chi connectivity index (χ1) is 13.4. The molecule has 0 bridgehead atoms. The molecule has 0 saturated heterocycles. The number of methoxy groups -OCH3 is 2. The van der Waals surface area contributed by atoms with E-state index in [1.165, 1.54) is 26.4 Å². The average molecular weight is 387 g/mol. The average Bonchev–Trinajstić information content (AvgIpc) is 2.70. The highest BCUT2D eigenvalue weighted by atomic mass is 16.5. The van der Waals surface area contributed by atoms with Gasteiger partial charge in [0.2, 0.25) is 0 Å². The lowest BCUT2D eigenvalue weighted by Crippen LogP contribution is -2.34. The molecule has 148 valence electrons. The summed E-state index contributed by atoms with van der Waals surface area (Å²) in [7, 11) is 2.86. The molecule has 0 aliphatic carbocycles. The Hall–Kier alpha value is -3.55. The van der Waals surface area contributed by atoms with E-state index in [0.717, 1.165) is 0 Å². The van der Waals surface area contributed by atoms with Crippen LogP contribution >= 0.6 is 0 Å². The van der Waals surface area contributed by atoms with Crippen LogP contribution in [0.4, 0.5) is 0 Å². The number of nitrogens with one attached hydrogen (secondary N) is 1. The molecule has 2 N–H and O–H groups in total. The van der Waals surface area contributed by atoms with Crippen molar-refractivity contribution in [3.63, 3.8) is 0 Å². The molecule has 2 amide bonds. The number of hydrogen-bond acceptors (Lipinski definition) is 7. The second kappa shape index (κ2) is 9.96. The predicted octanol–water partition coefficient (Wildman–Crippen LogP) is 1.84. The van der Waals surface area contributed by atoms with E-state index in [2.05, 4.69) is 5.32 Å². The Kier molecular flexibility index (Phi) is 7.38. The largest absolute Gasteiger partial charge is 0.504 e. The molecule has 0 radical (unpaired) electrons. The van der Waals surface area contributed by atoms with E-state index < -0.39 is 24.4 Å². The van der Waals surface area contributed by atoms with Crippen molar-refractivity contribution in [3.05, 3.63) is 53.6 Å². The molecule has 0 unspecified atom stereocenters. The Labute approximate surface area is 162 Å². The van der Waals surface area contributed by atoms with Gasteiger partial charge in [-0.25, -0.2) is 0 Å². The van der Waals surface area contributed by atoms with Gasteiger partial charge < -0.3 is 19.3 Å². The SMILES string of the molecule is COc1ccc(CCC(=O)OCC(=O)NC(=O)c2ccccc2OC)cc1O. The first-order valence-corrected chi connectivity index (χ1v) is 8.43. The van der Waals surface area contributed by atoms with Crippen LogP contribution in [0.1, 0.15) is 22.3 Å². The monoisotopic (exact) mass is 387 g/mol. The molecule has 28 heavy (non-hydrogen) atoms. The predicted molar refractivity (Wildman–Crippen MR) is 99.4 cm³/mol. The highest BCUT2D eigenvalue weighted by molar-refractivity contribution is 6.06. The number of imide groups is 1. The minimum absolute atomic E-state index is 0.0134.